The molecule has 0 aliphatic carbocycles. The van der Waals surface area contributed by atoms with Gasteiger partial charge in [-0.15, -0.1) is 0 Å². The first kappa shape index (κ1) is 16.2. The number of ether oxygens (including phenoxy) is 1. The van der Waals surface area contributed by atoms with Crippen LogP contribution in [0.3, 0.4) is 0 Å². The van der Waals surface area contributed by atoms with Gasteiger partial charge < -0.3 is 15.2 Å². The molecule has 0 radical (unpaired) electrons. The van der Waals surface area contributed by atoms with E-state index in [-0.39, 0.29) is 5.41 Å². The Balaban J connectivity index is 4.56. The maximum atomic E-state index is 10.7. The first-order chi connectivity index (χ1) is 7.58. The van der Waals surface area contributed by atoms with Crippen LogP contribution in [-0.4, -0.2) is 30.0 Å². The third kappa shape index (κ3) is 7.21. The average molecular weight is 245 g/mol. The Labute approximate surface area is 105 Å². The predicted octanol–water partition coefficient (Wildman–Crippen LogP) is 3.12. The Morgan fingerprint density at radius 1 is 1.29 bits per heavy atom. The van der Waals surface area contributed by atoms with Crippen LogP contribution in [-0.2, 0) is 4.74 Å². The zero-order valence-corrected chi connectivity index (χ0v) is 12.0. The zero-order chi connectivity index (χ0) is 13.7. The fourth-order valence-electron chi connectivity index (χ4n) is 1.83. The summed E-state index contributed by atoms with van der Waals surface area (Å²) in [4.78, 5) is 10.7. The van der Waals surface area contributed by atoms with Gasteiger partial charge in [-0.3, -0.25) is 0 Å². The van der Waals surface area contributed by atoms with Crippen LogP contribution >= 0.6 is 0 Å². The van der Waals surface area contributed by atoms with E-state index in [4.69, 9.17) is 9.84 Å². The van der Waals surface area contributed by atoms with Gasteiger partial charge in [0, 0.05) is 18.8 Å². The number of rotatable bonds is 6. The molecule has 17 heavy (non-hydrogen) atoms. The summed E-state index contributed by atoms with van der Waals surface area (Å²) in [5, 5.41) is 11.4. The lowest BCUT2D eigenvalue weighted by Gasteiger charge is -2.37. The summed E-state index contributed by atoms with van der Waals surface area (Å²) in [7, 11) is 0. The second-order valence-electron chi connectivity index (χ2n) is 6.24. The van der Waals surface area contributed by atoms with Crippen LogP contribution < -0.4 is 5.32 Å². The second-order valence-corrected chi connectivity index (χ2v) is 6.24. The smallest absolute Gasteiger partial charge is 0.405 e. The molecule has 0 spiro atoms. The average Bonchev–Trinajstić information content (AvgIpc) is 2.07. The Morgan fingerprint density at radius 2 is 1.82 bits per heavy atom. The van der Waals surface area contributed by atoms with E-state index >= 15 is 0 Å². The first-order valence-corrected chi connectivity index (χ1v) is 6.17. The quantitative estimate of drug-likeness (QED) is 0.756. The van der Waals surface area contributed by atoms with E-state index in [1.165, 1.54) is 0 Å². The third-order valence-electron chi connectivity index (χ3n) is 2.95. The second kappa shape index (κ2) is 6.24. The minimum atomic E-state index is -0.973. The van der Waals surface area contributed by atoms with Crippen molar-refractivity contribution in [1.29, 1.82) is 0 Å². The maximum Gasteiger partial charge on any atom is 0.405 e. The summed E-state index contributed by atoms with van der Waals surface area (Å²) < 4.78 is 5.50. The molecule has 0 saturated heterocycles. The molecule has 4 heteroatoms. The molecule has 102 valence electrons. The van der Waals surface area contributed by atoms with Crippen molar-refractivity contribution in [2.75, 3.05) is 13.2 Å². The van der Waals surface area contributed by atoms with Crippen molar-refractivity contribution in [3.63, 3.8) is 0 Å². The standard InChI is InChI=1S/C13H27NO3/c1-7-17-9-10(12(2,3)4)8-13(5,6)14-11(15)16/h10,14H,7-9H2,1-6H3,(H,15,16)/t10-/m1/s1. The summed E-state index contributed by atoms with van der Waals surface area (Å²) >= 11 is 0. The molecule has 1 amide bonds. The monoisotopic (exact) mass is 245 g/mol. The van der Waals surface area contributed by atoms with E-state index in [1.807, 2.05) is 20.8 Å². The molecule has 1 atom stereocenters. The normalized spacial score (nSPS) is 14.5. The summed E-state index contributed by atoms with van der Waals surface area (Å²) in [6, 6.07) is 0. The van der Waals surface area contributed by atoms with E-state index in [2.05, 4.69) is 26.1 Å². The zero-order valence-electron chi connectivity index (χ0n) is 12.0. The molecule has 2 N–H and O–H groups in total. The lowest BCUT2D eigenvalue weighted by Crippen LogP contribution is -2.46. The largest absolute Gasteiger partial charge is 0.465 e. The van der Waals surface area contributed by atoms with Crippen molar-refractivity contribution in [3.05, 3.63) is 0 Å². The molecule has 0 aromatic rings. The van der Waals surface area contributed by atoms with Crippen LogP contribution in [0.4, 0.5) is 4.79 Å². The van der Waals surface area contributed by atoms with Gasteiger partial charge in [-0.05, 0) is 38.5 Å². The molecule has 0 aliphatic heterocycles. The fraction of sp³-hybridized carbons (Fsp3) is 0.923. The number of carboxylic acid groups (broad SMARTS) is 1. The number of amides is 1. The molecule has 4 nitrogen and oxygen atoms in total. The SMILES string of the molecule is CCOC[C@@H](CC(C)(C)NC(=O)O)C(C)(C)C. The van der Waals surface area contributed by atoms with Gasteiger partial charge in [-0.2, -0.15) is 0 Å². The molecule has 0 aromatic carbocycles. The van der Waals surface area contributed by atoms with Gasteiger partial charge in [0.1, 0.15) is 0 Å². The highest BCUT2D eigenvalue weighted by atomic mass is 16.5. The van der Waals surface area contributed by atoms with Gasteiger partial charge in [0.25, 0.3) is 0 Å². The fourth-order valence-corrected chi connectivity index (χ4v) is 1.83. The lowest BCUT2D eigenvalue weighted by molar-refractivity contribution is 0.0442. The van der Waals surface area contributed by atoms with Crippen molar-refractivity contribution in [3.8, 4) is 0 Å². The third-order valence-corrected chi connectivity index (χ3v) is 2.95. The number of hydrogen-bond acceptors (Lipinski definition) is 2. The minimum Gasteiger partial charge on any atom is -0.465 e. The van der Waals surface area contributed by atoms with Gasteiger partial charge in [0.2, 0.25) is 0 Å². The Bertz CT molecular complexity index is 244. The van der Waals surface area contributed by atoms with Crippen LogP contribution in [0.2, 0.25) is 0 Å². The first-order valence-electron chi connectivity index (χ1n) is 6.17. The number of hydrogen-bond donors (Lipinski definition) is 2. The van der Waals surface area contributed by atoms with Crippen molar-refractivity contribution in [1.82, 2.24) is 5.32 Å². The highest BCUT2D eigenvalue weighted by Crippen LogP contribution is 2.32. The van der Waals surface area contributed by atoms with Crippen LogP contribution in [0.5, 0.6) is 0 Å². The Kier molecular flexibility index (Phi) is 5.96. The topological polar surface area (TPSA) is 58.6 Å². The van der Waals surface area contributed by atoms with E-state index in [9.17, 15) is 4.79 Å². The molecule has 0 fully saturated rings. The van der Waals surface area contributed by atoms with Gasteiger partial charge in [0.05, 0.1) is 0 Å². The van der Waals surface area contributed by atoms with Crippen molar-refractivity contribution in [2.24, 2.45) is 11.3 Å². The number of nitrogens with one attached hydrogen (secondary N) is 1. The molecular weight excluding hydrogens is 218 g/mol. The van der Waals surface area contributed by atoms with Crippen LogP contribution in [0.1, 0.15) is 48.0 Å². The van der Waals surface area contributed by atoms with Gasteiger partial charge in [0.15, 0.2) is 0 Å². The molecular formula is C13H27NO3. The van der Waals surface area contributed by atoms with E-state index < -0.39 is 11.6 Å². The Hall–Kier alpha value is -0.770. The summed E-state index contributed by atoms with van der Waals surface area (Å²) in [5.74, 6) is 0.323. The van der Waals surface area contributed by atoms with Gasteiger partial charge in [-0.25, -0.2) is 4.79 Å². The van der Waals surface area contributed by atoms with E-state index in [1.54, 1.807) is 0 Å². The molecule has 0 saturated carbocycles. The molecule has 0 rings (SSSR count). The highest BCUT2D eigenvalue weighted by Gasteiger charge is 2.32. The van der Waals surface area contributed by atoms with Gasteiger partial charge in [-0.1, -0.05) is 20.8 Å². The molecule has 0 unspecified atom stereocenters. The number of carbonyl (C=O) groups is 1. The lowest BCUT2D eigenvalue weighted by atomic mass is 9.75. The van der Waals surface area contributed by atoms with Crippen molar-refractivity contribution >= 4 is 6.09 Å². The van der Waals surface area contributed by atoms with Crippen LogP contribution in [0.25, 0.3) is 0 Å². The Morgan fingerprint density at radius 3 is 2.18 bits per heavy atom. The summed E-state index contributed by atoms with van der Waals surface area (Å²) in [6.45, 7) is 13.6. The summed E-state index contributed by atoms with van der Waals surface area (Å²) in [5.41, 5.74) is -0.326. The van der Waals surface area contributed by atoms with Crippen molar-refractivity contribution < 1.29 is 14.6 Å². The maximum absolute atomic E-state index is 10.7. The van der Waals surface area contributed by atoms with Gasteiger partial charge >= 0.3 is 6.09 Å². The van der Waals surface area contributed by atoms with Crippen LogP contribution in [0, 0.1) is 11.3 Å². The summed E-state index contributed by atoms with van der Waals surface area (Å²) in [6.07, 6.45) is -0.206. The molecule has 0 aliphatic rings. The minimum absolute atomic E-state index is 0.104. The molecule has 0 heterocycles. The van der Waals surface area contributed by atoms with Crippen molar-refractivity contribution in [2.45, 2.75) is 53.5 Å². The van der Waals surface area contributed by atoms with E-state index in [0.29, 0.717) is 19.1 Å². The molecule has 0 aromatic heterocycles. The predicted molar refractivity (Wildman–Crippen MR) is 69.3 cm³/mol. The molecule has 0 bridgehead atoms. The highest BCUT2D eigenvalue weighted by molar-refractivity contribution is 5.65. The van der Waals surface area contributed by atoms with Crippen LogP contribution in [0.15, 0.2) is 0 Å². The van der Waals surface area contributed by atoms with E-state index in [0.717, 1.165) is 6.42 Å².